The summed E-state index contributed by atoms with van der Waals surface area (Å²) in [6.45, 7) is 6.06. The molecule has 2 aromatic carbocycles. The van der Waals surface area contributed by atoms with Crippen molar-refractivity contribution >= 4 is 32.4 Å². The van der Waals surface area contributed by atoms with Gasteiger partial charge in [-0.15, -0.1) is 11.3 Å². The van der Waals surface area contributed by atoms with Crippen LogP contribution in [-0.2, 0) is 10.0 Å². The lowest BCUT2D eigenvalue weighted by Gasteiger charge is -2.19. The van der Waals surface area contributed by atoms with Gasteiger partial charge in [-0.3, -0.25) is 10.1 Å². The first-order valence-electron chi connectivity index (χ1n) is 9.82. The van der Waals surface area contributed by atoms with Gasteiger partial charge in [0.25, 0.3) is 5.91 Å². The van der Waals surface area contributed by atoms with Crippen LogP contribution in [0.5, 0.6) is 5.75 Å². The molecule has 164 valence electrons. The number of anilines is 1. The lowest BCUT2D eigenvalue weighted by Crippen LogP contribution is -2.30. The molecule has 1 N–H and O–H groups in total. The van der Waals surface area contributed by atoms with Gasteiger partial charge >= 0.3 is 0 Å². The molecule has 0 fully saturated rings. The maximum absolute atomic E-state index is 12.9. The Labute approximate surface area is 186 Å². The quantitative estimate of drug-likeness (QED) is 0.539. The molecule has 1 heterocycles. The van der Waals surface area contributed by atoms with Gasteiger partial charge in [-0.2, -0.15) is 4.31 Å². The number of nitrogens with one attached hydrogen (secondary N) is 1. The third-order valence-electron chi connectivity index (χ3n) is 4.91. The highest BCUT2D eigenvalue weighted by atomic mass is 32.2. The van der Waals surface area contributed by atoms with Crippen molar-refractivity contribution in [2.45, 2.75) is 25.7 Å². The highest BCUT2D eigenvalue weighted by Gasteiger charge is 2.23. The van der Waals surface area contributed by atoms with Crippen molar-refractivity contribution < 1.29 is 17.9 Å². The molecule has 0 aliphatic rings. The fourth-order valence-electron chi connectivity index (χ4n) is 3.11. The van der Waals surface area contributed by atoms with E-state index in [4.69, 9.17) is 4.74 Å². The molecule has 0 saturated carbocycles. The van der Waals surface area contributed by atoms with E-state index in [0.717, 1.165) is 17.0 Å². The van der Waals surface area contributed by atoms with Gasteiger partial charge in [0.15, 0.2) is 5.13 Å². The Morgan fingerprint density at radius 1 is 1.13 bits per heavy atom. The van der Waals surface area contributed by atoms with Crippen LogP contribution in [0.3, 0.4) is 0 Å². The van der Waals surface area contributed by atoms with E-state index in [9.17, 15) is 13.2 Å². The SMILES string of the molecule is CCN(CC)S(=O)(=O)c1ccc(C)c(C(=O)Nc2nc(-c3ccc(OC)cc3)cs2)c1. The van der Waals surface area contributed by atoms with Crippen molar-refractivity contribution in [3.63, 3.8) is 0 Å². The minimum atomic E-state index is -3.65. The zero-order valence-electron chi connectivity index (χ0n) is 17.9. The third kappa shape index (κ3) is 4.95. The number of carbonyl (C=O) groups is 1. The second-order valence-corrected chi connectivity index (χ2v) is 9.58. The monoisotopic (exact) mass is 459 g/mol. The zero-order chi connectivity index (χ0) is 22.6. The summed E-state index contributed by atoms with van der Waals surface area (Å²) in [5.41, 5.74) is 2.62. The number of nitrogens with zero attached hydrogens (tertiary/aromatic N) is 2. The van der Waals surface area contributed by atoms with Crippen LogP contribution in [0, 0.1) is 6.92 Å². The highest BCUT2D eigenvalue weighted by Crippen LogP contribution is 2.27. The summed E-state index contributed by atoms with van der Waals surface area (Å²) in [6, 6.07) is 12.1. The van der Waals surface area contributed by atoms with E-state index in [1.165, 1.54) is 27.8 Å². The van der Waals surface area contributed by atoms with Crippen LogP contribution in [0.1, 0.15) is 29.8 Å². The number of hydrogen-bond donors (Lipinski definition) is 1. The predicted molar refractivity (Wildman–Crippen MR) is 123 cm³/mol. The first-order valence-corrected chi connectivity index (χ1v) is 12.1. The maximum atomic E-state index is 12.9. The number of rotatable bonds is 8. The molecule has 1 amide bonds. The molecule has 0 spiro atoms. The molecule has 0 saturated heterocycles. The molecule has 3 aromatic rings. The van der Waals surface area contributed by atoms with Gasteiger partial charge < -0.3 is 4.74 Å². The highest BCUT2D eigenvalue weighted by molar-refractivity contribution is 7.89. The minimum Gasteiger partial charge on any atom is -0.497 e. The van der Waals surface area contributed by atoms with Crippen molar-refractivity contribution in [3.8, 4) is 17.0 Å². The Balaban J connectivity index is 1.83. The van der Waals surface area contributed by atoms with Crippen molar-refractivity contribution in [1.29, 1.82) is 0 Å². The Bertz CT molecular complexity index is 1170. The van der Waals surface area contributed by atoms with Gasteiger partial charge in [0.1, 0.15) is 5.75 Å². The normalized spacial score (nSPS) is 11.5. The summed E-state index contributed by atoms with van der Waals surface area (Å²) in [5.74, 6) is 0.354. The molecule has 0 unspecified atom stereocenters. The van der Waals surface area contributed by atoms with Crippen LogP contribution in [0.4, 0.5) is 5.13 Å². The molecule has 0 radical (unpaired) electrons. The fourth-order valence-corrected chi connectivity index (χ4v) is 5.31. The molecular weight excluding hydrogens is 434 g/mol. The first kappa shape index (κ1) is 22.9. The number of hydrogen-bond acceptors (Lipinski definition) is 6. The van der Waals surface area contributed by atoms with E-state index in [1.54, 1.807) is 33.9 Å². The topological polar surface area (TPSA) is 88.6 Å². The summed E-state index contributed by atoms with van der Waals surface area (Å²) in [4.78, 5) is 17.5. The van der Waals surface area contributed by atoms with Crippen molar-refractivity contribution in [2.24, 2.45) is 0 Å². The minimum absolute atomic E-state index is 0.102. The van der Waals surface area contributed by atoms with Gasteiger partial charge in [-0.1, -0.05) is 19.9 Å². The van der Waals surface area contributed by atoms with E-state index >= 15 is 0 Å². The Morgan fingerprint density at radius 2 is 1.81 bits per heavy atom. The second kappa shape index (κ2) is 9.59. The molecule has 0 atom stereocenters. The van der Waals surface area contributed by atoms with E-state index in [1.807, 2.05) is 29.6 Å². The van der Waals surface area contributed by atoms with Crippen LogP contribution in [0.2, 0.25) is 0 Å². The van der Waals surface area contributed by atoms with Gasteiger partial charge in [0.05, 0.1) is 17.7 Å². The molecular formula is C22H25N3O4S2. The number of ether oxygens (including phenoxy) is 1. The molecule has 0 aliphatic carbocycles. The summed E-state index contributed by atoms with van der Waals surface area (Å²) in [6.07, 6.45) is 0. The Morgan fingerprint density at radius 3 is 2.42 bits per heavy atom. The lowest BCUT2D eigenvalue weighted by molar-refractivity contribution is 0.102. The summed E-state index contributed by atoms with van der Waals surface area (Å²) < 4.78 is 32.2. The standard InChI is InChI=1S/C22H25N3O4S2/c1-5-25(6-2)31(27,28)18-12-7-15(3)19(13-18)21(26)24-22-23-20(14-30-22)16-8-10-17(29-4)11-9-16/h7-14H,5-6H2,1-4H3,(H,23,24,26). The van der Waals surface area contributed by atoms with E-state index < -0.39 is 15.9 Å². The van der Waals surface area contributed by atoms with Crippen LogP contribution in [0.25, 0.3) is 11.3 Å². The molecule has 1 aromatic heterocycles. The van der Waals surface area contributed by atoms with Gasteiger partial charge in [0, 0.05) is 29.6 Å². The van der Waals surface area contributed by atoms with Gasteiger partial charge in [-0.05, 0) is 48.9 Å². The third-order valence-corrected chi connectivity index (χ3v) is 7.71. The average Bonchev–Trinajstić information content (AvgIpc) is 3.23. The van der Waals surface area contributed by atoms with Crippen LogP contribution in [-0.4, -0.2) is 43.8 Å². The van der Waals surface area contributed by atoms with Crippen LogP contribution in [0.15, 0.2) is 52.7 Å². The van der Waals surface area contributed by atoms with Crippen molar-refractivity contribution in [1.82, 2.24) is 9.29 Å². The largest absolute Gasteiger partial charge is 0.497 e. The summed E-state index contributed by atoms with van der Waals surface area (Å²) in [7, 11) is -2.05. The summed E-state index contributed by atoms with van der Waals surface area (Å²) >= 11 is 1.30. The van der Waals surface area contributed by atoms with E-state index in [-0.39, 0.29) is 4.90 Å². The number of aryl methyl sites for hydroxylation is 1. The molecule has 31 heavy (non-hydrogen) atoms. The number of thiazole rings is 1. The Hall–Kier alpha value is -2.75. The zero-order valence-corrected chi connectivity index (χ0v) is 19.5. The average molecular weight is 460 g/mol. The van der Waals surface area contributed by atoms with Gasteiger partial charge in [-0.25, -0.2) is 13.4 Å². The first-order chi connectivity index (χ1) is 14.8. The number of aromatic nitrogens is 1. The van der Waals surface area contributed by atoms with Crippen molar-refractivity contribution in [3.05, 3.63) is 59.0 Å². The number of amides is 1. The smallest absolute Gasteiger partial charge is 0.257 e. The number of carbonyl (C=O) groups excluding carboxylic acids is 1. The molecule has 7 nitrogen and oxygen atoms in total. The Kier molecular flexibility index (Phi) is 7.09. The molecule has 9 heteroatoms. The second-order valence-electron chi connectivity index (χ2n) is 6.79. The maximum Gasteiger partial charge on any atom is 0.257 e. The lowest BCUT2D eigenvalue weighted by atomic mass is 10.1. The number of sulfonamides is 1. The van der Waals surface area contributed by atoms with Crippen molar-refractivity contribution in [2.75, 3.05) is 25.5 Å². The number of benzene rings is 2. The van der Waals surface area contributed by atoms with E-state index in [0.29, 0.717) is 29.3 Å². The summed E-state index contributed by atoms with van der Waals surface area (Å²) in [5, 5.41) is 5.07. The molecule has 0 bridgehead atoms. The number of methoxy groups -OCH3 is 1. The van der Waals surface area contributed by atoms with Crippen LogP contribution >= 0.6 is 11.3 Å². The van der Waals surface area contributed by atoms with Crippen LogP contribution < -0.4 is 10.1 Å². The van der Waals surface area contributed by atoms with Gasteiger partial charge in [0.2, 0.25) is 10.0 Å². The predicted octanol–water partition coefficient (Wildman–Crippen LogP) is 4.41. The fraction of sp³-hybridized carbons (Fsp3) is 0.273. The molecule has 0 aliphatic heterocycles. The van der Waals surface area contributed by atoms with E-state index in [2.05, 4.69) is 10.3 Å². The molecule has 3 rings (SSSR count).